The van der Waals surface area contributed by atoms with Gasteiger partial charge in [0, 0.05) is 13.6 Å². The van der Waals surface area contributed by atoms with Crippen molar-refractivity contribution in [3.8, 4) is 0 Å². The van der Waals surface area contributed by atoms with E-state index in [0.717, 1.165) is 22.8 Å². The summed E-state index contributed by atoms with van der Waals surface area (Å²) in [6.07, 6.45) is 0.0592. The third kappa shape index (κ3) is 3.01. The van der Waals surface area contributed by atoms with Crippen LogP contribution in [0, 0.1) is 0 Å². The maximum atomic E-state index is 11.5. The maximum absolute atomic E-state index is 11.5. The molecule has 1 rings (SSSR count). The molecule has 0 bridgehead atoms. The fraction of sp³-hybridized carbons (Fsp3) is 0.700. The van der Waals surface area contributed by atoms with Gasteiger partial charge in [0.25, 0.3) is 0 Å². The molecule has 1 unspecified atom stereocenters. The van der Waals surface area contributed by atoms with Crippen LogP contribution in [0.3, 0.4) is 0 Å². The number of imide groups is 2. The lowest BCUT2D eigenvalue weighted by Crippen LogP contribution is -2.42. The Morgan fingerprint density at radius 2 is 1.94 bits per heavy atom. The molecular weight excluding hydrogens is 226 g/mol. The van der Waals surface area contributed by atoms with Gasteiger partial charge in [0.05, 0.1) is 12.6 Å². The summed E-state index contributed by atoms with van der Waals surface area (Å²) in [4.78, 5) is 35.5. The summed E-state index contributed by atoms with van der Waals surface area (Å²) in [7, 11) is 1.24. The minimum atomic E-state index is -0.882. The quantitative estimate of drug-likeness (QED) is 0.346. The van der Waals surface area contributed by atoms with Crippen molar-refractivity contribution >= 4 is 17.8 Å². The van der Waals surface area contributed by atoms with E-state index in [2.05, 4.69) is 5.32 Å². The molecule has 17 heavy (non-hydrogen) atoms. The lowest BCUT2D eigenvalue weighted by Gasteiger charge is -2.17. The number of amides is 4. The second-order valence-corrected chi connectivity index (χ2v) is 3.92. The standard InChI is InChI=1S/C10H17N3O4/c1-3-4-11-5-7(14)6-13-9(16)8(15)12(2)10(13)17/h7,11,14H,3-6H2,1-2H3. The first kappa shape index (κ1) is 13.6. The first-order valence-electron chi connectivity index (χ1n) is 5.51. The molecular formula is C10H17N3O4. The smallest absolute Gasteiger partial charge is 0.334 e. The highest BCUT2D eigenvalue weighted by Crippen LogP contribution is 2.09. The van der Waals surface area contributed by atoms with E-state index in [1.807, 2.05) is 6.92 Å². The van der Waals surface area contributed by atoms with Crippen LogP contribution < -0.4 is 5.32 Å². The van der Waals surface area contributed by atoms with Crippen LogP contribution >= 0.6 is 0 Å². The van der Waals surface area contributed by atoms with Crippen molar-refractivity contribution in [3.05, 3.63) is 0 Å². The van der Waals surface area contributed by atoms with E-state index in [4.69, 9.17) is 0 Å². The minimum absolute atomic E-state index is 0.162. The molecule has 1 heterocycles. The molecule has 1 fully saturated rings. The van der Waals surface area contributed by atoms with Crippen LogP contribution in [0.5, 0.6) is 0 Å². The molecule has 0 saturated carbocycles. The Morgan fingerprint density at radius 1 is 1.29 bits per heavy atom. The Kier molecular flexibility index (Phi) is 4.59. The molecule has 2 N–H and O–H groups in total. The molecule has 1 saturated heterocycles. The third-order valence-electron chi connectivity index (χ3n) is 2.45. The van der Waals surface area contributed by atoms with Gasteiger partial charge in [0.2, 0.25) is 0 Å². The van der Waals surface area contributed by atoms with Crippen molar-refractivity contribution in [3.63, 3.8) is 0 Å². The Morgan fingerprint density at radius 3 is 2.41 bits per heavy atom. The van der Waals surface area contributed by atoms with E-state index in [0.29, 0.717) is 0 Å². The second-order valence-electron chi connectivity index (χ2n) is 3.92. The van der Waals surface area contributed by atoms with E-state index >= 15 is 0 Å². The molecule has 1 aliphatic heterocycles. The Hall–Kier alpha value is -1.47. The lowest BCUT2D eigenvalue weighted by molar-refractivity contribution is -0.143. The summed E-state index contributed by atoms with van der Waals surface area (Å²) < 4.78 is 0. The van der Waals surface area contributed by atoms with E-state index in [-0.39, 0.29) is 13.1 Å². The van der Waals surface area contributed by atoms with Gasteiger partial charge in [-0.25, -0.2) is 4.79 Å². The molecule has 7 heteroatoms. The molecule has 96 valence electrons. The van der Waals surface area contributed by atoms with Crippen LogP contribution in [0.1, 0.15) is 13.3 Å². The van der Waals surface area contributed by atoms with Crippen molar-refractivity contribution in [2.24, 2.45) is 0 Å². The maximum Gasteiger partial charge on any atom is 0.334 e. The highest BCUT2D eigenvalue weighted by Gasteiger charge is 2.42. The molecule has 4 amide bonds. The van der Waals surface area contributed by atoms with E-state index < -0.39 is 23.9 Å². The van der Waals surface area contributed by atoms with Crippen LogP contribution in [0.25, 0.3) is 0 Å². The zero-order chi connectivity index (χ0) is 13.0. The Labute approximate surface area is 99.4 Å². The highest BCUT2D eigenvalue weighted by molar-refractivity contribution is 6.44. The number of aliphatic hydroxyl groups is 1. The number of rotatable bonds is 6. The summed E-state index contributed by atoms with van der Waals surface area (Å²) in [6.45, 7) is 2.85. The van der Waals surface area contributed by atoms with Crippen molar-refractivity contribution < 1.29 is 19.5 Å². The highest BCUT2D eigenvalue weighted by atomic mass is 16.3. The number of aliphatic hydroxyl groups excluding tert-OH is 1. The molecule has 0 aromatic rings. The largest absolute Gasteiger partial charge is 0.390 e. The number of β-amino-alcohol motifs (C(OH)–C–C–N with tert-alkyl or cyclic N) is 1. The first-order valence-corrected chi connectivity index (χ1v) is 5.51. The zero-order valence-electron chi connectivity index (χ0n) is 9.97. The predicted molar refractivity (Wildman–Crippen MR) is 59.0 cm³/mol. The van der Waals surface area contributed by atoms with Crippen LogP contribution in [0.2, 0.25) is 0 Å². The van der Waals surface area contributed by atoms with E-state index in [9.17, 15) is 19.5 Å². The number of hydrogen-bond donors (Lipinski definition) is 2. The van der Waals surface area contributed by atoms with Crippen LogP contribution in [0.15, 0.2) is 0 Å². The van der Waals surface area contributed by atoms with Gasteiger partial charge in [0.15, 0.2) is 0 Å². The zero-order valence-corrected chi connectivity index (χ0v) is 9.97. The summed E-state index contributed by atoms with van der Waals surface area (Å²) in [5.41, 5.74) is 0. The summed E-state index contributed by atoms with van der Waals surface area (Å²) in [5.74, 6) is -1.74. The minimum Gasteiger partial charge on any atom is -0.390 e. The first-order chi connectivity index (χ1) is 7.99. The third-order valence-corrected chi connectivity index (χ3v) is 2.45. The monoisotopic (exact) mass is 243 g/mol. The van der Waals surface area contributed by atoms with Gasteiger partial charge in [-0.05, 0) is 13.0 Å². The summed E-state index contributed by atoms with van der Waals surface area (Å²) in [6, 6.07) is -0.686. The predicted octanol–water partition coefficient (Wildman–Crippen LogP) is -1.23. The average molecular weight is 243 g/mol. The number of hydrogen-bond acceptors (Lipinski definition) is 5. The SMILES string of the molecule is CCCNCC(O)CN1C(=O)C(=O)N(C)C1=O. The fourth-order valence-electron chi connectivity index (χ4n) is 1.50. The molecule has 0 spiro atoms. The van der Waals surface area contributed by atoms with E-state index in [1.54, 1.807) is 0 Å². The van der Waals surface area contributed by atoms with Crippen LogP contribution in [-0.2, 0) is 9.59 Å². The van der Waals surface area contributed by atoms with Gasteiger partial charge < -0.3 is 10.4 Å². The van der Waals surface area contributed by atoms with Gasteiger partial charge in [-0.15, -0.1) is 0 Å². The van der Waals surface area contributed by atoms with Crippen LogP contribution in [-0.4, -0.2) is 65.5 Å². The molecule has 7 nitrogen and oxygen atoms in total. The van der Waals surface area contributed by atoms with Crippen molar-refractivity contribution in [1.82, 2.24) is 15.1 Å². The molecule has 0 aromatic carbocycles. The van der Waals surface area contributed by atoms with Gasteiger partial charge >= 0.3 is 17.8 Å². The Bertz CT molecular complexity index is 332. The van der Waals surface area contributed by atoms with Gasteiger partial charge in [-0.3, -0.25) is 19.4 Å². The molecule has 1 atom stereocenters. The van der Waals surface area contributed by atoms with Crippen LogP contribution in [0.4, 0.5) is 4.79 Å². The van der Waals surface area contributed by atoms with Crippen molar-refractivity contribution in [1.29, 1.82) is 0 Å². The summed E-state index contributed by atoms with van der Waals surface area (Å²) in [5, 5.41) is 12.6. The number of nitrogens with zero attached hydrogens (tertiary/aromatic N) is 2. The number of carbonyl (C=O) groups is 3. The molecule has 0 aliphatic carbocycles. The summed E-state index contributed by atoms with van der Waals surface area (Å²) >= 11 is 0. The van der Waals surface area contributed by atoms with E-state index in [1.165, 1.54) is 7.05 Å². The van der Waals surface area contributed by atoms with Crippen molar-refractivity contribution in [2.45, 2.75) is 19.4 Å². The number of carbonyl (C=O) groups excluding carboxylic acids is 3. The number of urea groups is 1. The lowest BCUT2D eigenvalue weighted by atomic mass is 10.3. The average Bonchev–Trinajstić information content (AvgIpc) is 2.47. The fourth-order valence-corrected chi connectivity index (χ4v) is 1.50. The van der Waals surface area contributed by atoms with Crippen molar-refractivity contribution in [2.75, 3.05) is 26.7 Å². The Balaban J connectivity index is 2.48. The topological polar surface area (TPSA) is 89.9 Å². The second kappa shape index (κ2) is 5.74. The molecule has 0 radical (unpaired) electrons. The van der Waals surface area contributed by atoms with Gasteiger partial charge in [0.1, 0.15) is 0 Å². The molecule has 1 aliphatic rings. The normalized spacial score (nSPS) is 18.2. The number of likely N-dealkylation sites (N-methyl/N-ethyl adjacent to an activating group) is 1. The molecule has 0 aromatic heterocycles. The van der Waals surface area contributed by atoms with Gasteiger partial charge in [-0.1, -0.05) is 6.92 Å². The van der Waals surface area contributed by atoms with Gasteiger partial charge in [-0.2, -0.15) is 0 Å². The number of nitrogens with one attached hydrogen (secondary N) is 1.